The molecule has 1 heterocycles. The minimum atomic E-state index is -0.302. The summed E-state index contributed by atoms with van der Waals surface area (Å²) < 4.78 is 0. The molecule has 1 fully saturated rings. The molecule has 1 amide bonds. The van der Waals surface area contributed by atoms with Gasteiger partial charge in [-0.2, -0.15) is 0 Å². The number of carbonyl (C=O) groups excluding carboxylic acids is 2. The first-order valence-electron chi connectivity index (χ1n) is 4.78. The Kier molecular flexibility index (Phi) is 3.89. The van der Waals surface area contributed by atoms with Crippen molar-refractivity contribution in [1.29, 1.82) is 0 Å². The lowest BCUT2D eigenvalue weighted by Gasteiger charge is -2.26. The van der Waals surface area contributed by atoms with Gasteiger partial charge in [-0.3, -0.25) is 9.59 Å². The minimum Gasteiger partial charge on any atom is -0.334 e. The topological polar surface area (TPSA) is 49.4 Å². The highest BCUT2D eigenvalue weighted by atomic mass is 16.2. The maximum atomic E-state index is 11.4. The van der Waals surface area contributed by atoms with Gasteiger partial charge in [-0.05, 0) is 6.42 Å². The maximum Gasteiger partial charge on any atom is 0.290 e. The SMILES string of the molecule is CCCC(=O)C(=O)N1CCNCC1. The fraction of sp³-hybridized carbons (Fsp3) is 0.778. The Hall–Kier alpha value is -0.900. The quantitative estimate of drug-likeness (QED) is 0.617. The molecule has 0 bridgehead atoms. The van der Waals surface area contributed by atoms with Crippen molar-refractivity contribution in [3.63, 3.8) is 0 Å². The Morgan fingerprint density at radius 3 is 2.46 bits per heavy atom. The van der Waals surface area contributed by atoms with Crippen LogP contribution in [0, 0.1) is 0 Å². The van der Waals surface area contributed by atoms with Crippen molar-refractivity contribution in [3.05, 3.63) is 0 Å². The molecule has 1 N–H and O–H groups in total. The Bertz CT molecular complexity index is 198. The third kappa shape index (κ3) is 2.81. The predicted molar refractivity (Wildman–Crippen MR) is 49.4 cm³/mol. The second-order valence-corrected chi connectivity index (χ2v) is 3.22. The number of hydrogen-bond acceptors (Lipinski definition) is 3. The molecule has 4 heteroatoms. The van der Waals surface area contributed by atoms with Crippen molar-refractivity contribution in [2.45, 2.75) is 19.8 Å². The van der Waals surface area contributed by atoms with Crippen molar-refractivity contribution < 1.29 is 9.59 Å². The average Bonchev–Trinajstić information content (AvgIpc) is 2.18. The third-order valence-corrected chi connectivity index (χ3v) is 2.12. The molecule has 0 aromatic heterocycles. The van der Waals surface area contributed by atoms with Crippen LogP contribution in [-0.2, 0) is 9.59 Å². The van der Waals surface area contributed by atoms with Crippen LogP contribution in [0.1, 0.15) is 19.8 Å². The molecule has 0 radical (unpaired) electrons. The third-order valence-electron chi connectivity index (χ3n) is 2.12. The summed E-state index contributed by atoms with van der Waals surface area (Å²) >= 11 is 0. The lowest BCUT2D eigenvalue weighted by atomic mass is 10.2. The van der Waals surface area contributed by atoms with E-state index in [9.17, 15) is 9.59 Å². The molecule has 74 valence electrons. The van der Waals surface area contributed by atoms with Crippen molar-refractivity contribution in [2.24, 2.45) is 0 Å². The Morgan fingerprint density at radius 2 is 1.92 bits per heavy atom. The van der Waals surface area contributed by atoms with Crippen molar-refractivity contribution in [3.8, 4) is 0 Å². The number of Topliss-reactive ketones (excluding diaryl/α,β-unsaturated/α-hetero) is 1. The summed E-state index contributed by atoms with van der Waals surface area (Å²) in [6.07, 6.45) is 1.12. The second-order valence-electron chi connectivity index (χ2n) is 3.22. The first-order chi connectivity index (χ1) is 6.25. The second kappa shape index (κ2) is 4.97. The van der Waals surface area contributed by atoms with Crippen molar-refractivity contribution in [1.82, 2.24) is 10.2 Å². The molecule has 0 spiro atoms. The van der Waals surface area contributed by atoms with E-state index in [1.54, 1.807) is 4.90 Å². The molecule has 1 rings (SSSR count). The van der Waals surface area contributed by atoms with Crippen molar-refractivity contribution >= 4 is 11.7 Å². The molecule has 1 saturated heterocycles. The van der Waals surface area contributed by atoms with Gasteiger partial charge in [0.05, 0.1) is 0 Å². The minimum absolute atomic E-state index is 0.246. The summed E-state index contributed by atoms with van der Waals surface area (Å²) in [5, 5.41) is 3.14. The van der Waals surface area contributed by atoms with Gasteiger partial charge >= 0.3 is 0 Å². The zero-order valence-corrected chi connectivity index (χ0v) is 8.01. The van der Waals surface area contributed by atoms with Gasteiger partial charge in [0.15, 0.2) is 0 Å². The molecule has 0 aromatic rings. The normalized spacial score (nSPS) is 17.2. The maximum absolute atomic E-state index is 11.4. The smallest absolute Gasteiger partial charge is 0.290 e. The Balaban J connectivity index is 2.40. The van der Waals surface area contributed by atoms with Crippen LogP contribution in [0.5, 0.6) is 0 Å². The molecular formula is C9H16N2O2. The zero-order chi connectivity index (χ0) is 9.68. The van der Waals surface area contributed by atoms with Crippen LogP contribution < -0.4 is 5.32 Å². The van der Waals surface area contributed by atoms with Crippen LogP contribution in [0.2, 0.25) is 0 Å². The van der Waals surface area contributed by atoms with Crippen LogP contribution in [0.15, 0.2) is 0 Å². The largest absolute Gasteiger partial charge is 0.334 e. The van der Waals surface area contributed by atoms with Crippen LogP contribution in [-0.4, -0.2) is 42.8 Å². The van der Waals surface area contributed by atoms with Crippen LogP contribution in [0.3, 0.4) is 0 Å². The molecule has 0 atom stereocenters. The molecule has 0 unspecified atom stereocenters. The van der Waals surface area contributed by atoms with E-state index in [2.05, 4.69) is 5.32 Å². The highest BCUT2D eigenvalue weighted by Gasteiger charge is 2.21. The van der Waals surface area contributed by atoms with E-state index < -0.39 is 0 Å². The molecule has 1 aliphatic heterocycles. The monoisotopic (exact) mass is 184 g/mol. The van der Waals surface area contributed by atoms with Crippen molar-refractivity contribution in [2.75, 3.05) is 26.2 Å². The van der Waals surface area contributed by atoms with E-state index in [4.69, 9.17) is 0 Å². The molecule has 13 heavy (non-hydrogen) atoms. The van der Waals surface area contributed by atoms with E-state index >= 15 is 0 Å². The number of ketones is 1. The summed E-state index contributed by atoms with van der Waals surface area (Å²) in [5.41, 5.74) is 0. The fourth-order valence-electron chi connectivity index (χ4n) is 1.38. The molecule has 0 saturated carbocycles. The van der Waals surface area contributed by atoms with E-state index in [0.717, 1.165) is 19.5 Å². The summed E-state index contributed by atoms with van der Waals surface area (Å²) in [6, 6.07) is 0. The standard InChI is InChI=1S/C9H16N2O2/c1-2-3-8(12)9(13)11-6-4-10-5-7-11/h10H,2-7H2,1H3. The first kappa shape index (κ1) is 10.2. The van der Waals surface area contributed by atoms with E-state index in [-0.39, 0.29) is 11.7 Å². The lowest BCUT2D eigenvalue weighted by molar-refractivity contribution is -0.145. The molecular weight excluding hydrogens is 168 g/mol. The van der Waals surface area contributed by atoms with Gasteiger partial charge in [0.2, 0.25) is 5.78 Å². The van der Waals surface area contributed by atoms with Gasteiger partial charge < -0.3 is 10.2 Å². The number of nitrogens with one attached hydrogen (secondary N) is 1. The van der Waals surface area contributed by atoms with Crippen LogP contribution >= 0.6 is 0 Å². The number of rotatable bonds is 3. The van der Waals surface area contributed by atoms with Crippen LogP contribution in [0.25, 0.3) is 0 Å². The predicted octanol–water partition coefficient (Wildman–Crippen LogP) is -0.213. The molecule has 0 aromatic carbocycles. The van der Waals surface area contributed by atoms with Gasteiger partial charge in [-0.1, -0.05) is 6.92 Å². The van der Waals surface area contributed by atoms with Gasteiger partial charge in [0.25, 0.3) is 5.91 Å². The number of hydrogen-bond donors (Lipinski definition) is 1. The van der Waals surface area contributed by atoms with E-state index in [0.29, 0.717) is 19.5 Å². The molecule has 1 aliphatic rings. The lowest BCUT2D eigenvalue weighted by Crippen LogP contribution is -2.48. The highest BCUT2D eigenvalue weighted by Crippen LogP contribution is 1.98. The van der Waals surface area contributed by atoms with Gasteiger partial charge in [0, 0.05) is 32.6 Å². The summed E-state index contributed by atoms with van der Waals surface area (Å²) in [4.78, 5) is 24.3. The van der Waals surface area contributed by atoms with Gasteiger partial charge in [-0.25, -0.2) is 0 Å². The average molecular weight is 184 g/mol. The Labute approximate surface area is 78.3 Å². The molecule has 4 nitrogen and oxygen atoms in total. The zero-order valence-electron chi connectivity index (χ0n) is 8.01. The number of nitrogens with zero attached hydrogens (tertiary/aromatic N) is 1. The summed E-state index contributed by atoms with van der Waals surface area (Å²) in [5.74, 6) is -0.548. The number of piperazine rings is 1. The Morgan fingerprint density at radius 1 is 1.31 bits per heavy atom. The number of amides is 1. The first-order valence-corrected chi connectivity index (χ1v) is 4.78. The number of carbonyl (C=O) groups is 2. The summed E-state index contributed by atoms with van der Waals surface area (Å²) in [6.45, 7) is 4.82. The highest BCUT2D eigenvalue weighted by molar-refractivity contribution is 6.36. The fourth-order valence-corrected chi connectivity index (χ4v) is 1.38. The van der Waals surface area contributed by atoms with Crippen LogP contribution in [0.4, 0.5) is 0 Å². The van der Waals surface area contributed by atoms with E-state index in [1.165, 1.54) is 0 Å². The molecule has 0 aliphatic carbocycles. The van der Waals surface area contributed by atoms with Gasteiger partial charge in [0.1, 0.15) is 0 Å². The van der Waals surface area contributed by atoms with Gasteiger partial charge in [-0.15, -0.1) is 0 Å². The van der Waals surface area contributed by atoms with E-state index in [1.807, 2.05) is 6.92 Å². The summed E-state index contributed by atoms with van der Waals surface area (Å²) in [7, 11) is 0.